The molecule has 6 heteroatoms. The minimum Gasteiger partial charge on any atom is -0.497 e. The van der Waals surface area contributed by atoms with Gasteiger partial charge in [-0.1, -0.05) is 0 Å². The number of carbonyl (C=O) groups excluding carboxylic acids is 1. The van der Waals surface area contributed by atoms with Crippen molar-refractivity contribution in [1.29, 1.82) is 0 Å². The van der Waals surface area contributed by atoms with Gasteiger partial charge in [0.05, 0.1) is 32.9 Å². The minimum absolute atomic E-state index is 0.0340. The van der Waals surface area contributed by atoms with Crippen LogP contribution < -0.4 is 4.74 Å². The van der Waals surface area contributed by atoms with Crippen LogP contribution in [-0.2, 0) is 16.1 Å². The molecule has 3 heterocycles. The van der Waals surface area contributed by atoms with Gasteiger partial charge in [-0.15, -0.1) is 0 Å². The molecule has 2 fully saturated rings. The lowest BCUT2D eigenvalue weighted by atomic mass is 9.84. The van der Waals surface area contributed by atoms with Gasteiger partial charge in [0.25, 0.3) is 5.91 Å². The summed E-state index contributed by atoms with van der Waals surface area (Å²) in [5.41, 5.74) is 1.53. The van der Waals surface area contributed by atoms with Gasteiger partial charge >= 0.3 is 0 Å². The van der Waals surface area contributed by atoms with Crippen LogP contribution in [0.5, 0.6) is 5.75 Å². The Labute approximate surface area is 159 Å². The summed E-state index contributed by atoms with van der Waals surface area (Å²) in [4.78, 5) is 18.5. The number of carbonyl (C=O) groups is 1. The molecule has 142 valence electrons. The first kappa shape index (κ1) is 17.9. The van der Waals surface area contributed by atoms with Crippen LogP contribution in [0.15, 0.2) is 48.8 Å². The second-order valence-corrected chi connectivity index (χ2v) is 7.20. The van der Waals surface area contributed by atoms with E-state index in [1.165, 1.54) is 0 Å². The van der Waals surface area contributed by atoms with Gasteiger partial charge in [0.2, 0.25) is 0 Å². The quantitative estimate of drug-likeness (QED) is 0.812. The molecule has 1 atom stereocenters. The first-order valence-corrected chi connectivity index (χ1v) is 9.25. The fourth-order valence-corrected chi connectivity index (χ4v) is 3.75. The molecule has 1 spiro atoms. The number of hydrogen-bond donors (Lipinski definition) is 0. The van der Waals surface area contributed by atoms with Crippen LogP contribution in [0.25, 0.3) is 0 Å². The Morgan fingerprint density at radius 3 is 2.67 bits per heavy atom. The van der Waals surface area contributed by atoms with E-state index < -0.39 is 0 Å². The van der Waals surface area contributed by atoms with E-state index in [1.54, 1.807) is 31.6 Å². The molecular formula is C21H24N2O4. The van der Waals surface area contributed by atoms with Crippen molar-refractivity contribution in [1.82, 2.24) is 9.88 Å². The molecule has 2 aliphatic heterocycles. The zero-order valence-electron chi connectivity index (χ0n) is 15.5. The lowest BCUT2D eigenvalue weighted by Crippen LogP contribution is -2.67. The number of nitrogens with zero attached hydrogens (tertiary/aromatic N) is 2. The Morgan fingerprint density at radius 2 is 1.96 bits per heavy atom. The number of hydrogen-bond acceptors (Lipinski definition) is 5. The molecule has 0 radical (unpaired) electrons. The number of amides is 1. The van der Waals surface area contributed by atoms with Gasteiger partial charge in [0, 0.05) is 31.0 Å². The number of ether oxygens (including phenoxy) is 3. The number of aromatic nitrogens is 1. The number of pyridine rings is 1. The molecule has 6 nitrogen and oxygen atoms in total. The van der Waals surface area contributed by atoms with Crippen LogP contribution in [0.3, 0.4) is 0 Å². The van der Waals surface area contributed by atoms with Gasteiger partial charge in [-0.05, 0) is 48.4 Å². The molecule has 0 saturated carbocycles. The summed E-state index contributed by atoms with van der Waals surface area (Å²) in [7, 11) is 1.61. The van der Waals surface area contributed by atoms with E-state index in [1.807, 2.05) is 29.2 Å². The molecule has 0 aliphatic carbocycles. The number of benzene rings is 1. The van der Waals surface area contributed by atoms with E-state index in [4.69, 9.17) is 14.2 Å². The Balaban J connectivity index is 1.30. The van der Waals surface area contributed by atoms with Gasteiger partial charge in [0.1, 0.15) is 11.4 Å². The summed E-state index contributed by atoms with van der Waals surface area (Å²) in [6.45, 7) is 2.49. The number of likely N-dealkylation sites (tertiary alicyclic amines) is 1. The highest BCUT2D eigenvalue weighted by atomic mass is 16.5. The van der Waals surface area contributed by atoms with Crippen LogP contribution in [-0.4, -0.2) is 54.3 Å². The van der Waals surface area contributed by atoms with Crippen molar-refractivity contribution in [3.05, 3.63) is 59.9 Å². The SMILES string of the molecule is COc1ccc(C(=O)N2CC3(CC(OCc4ccncc4)CCO3)C2)cc1. The van der Waals surface area contributed by atoms with E-state index in [9.17, 15) is 4.79 Å². The Bertz CT molecular complexity index is 773. The summed E-state index contributed by atoms with van der Waals surface area (Å²) in [6.07, 6.45) is 5.42. The smallest absolute Gasteiger partial charge is 0.254 e. The van der Waals surface area contributed by atoms with Crippen molar-refractivity contribution < 1.29 is 19.0 Å². The normalized spacial score (nSPS) is 20.9. The lowest BCUT2D eigenvalue weighted by molar-refractivity contribution is -0.188. The summed E-state index contributed by atoms with van der Waals surface area (Å²) in [5.74, 6) is 0.781. The van der Waals surface area contributed by atoms with Crippen LogP contribution in [0.4, 0.5) is 0 Å². The first-order valence-electron chi connectivity index (χ1n) is 9.25. The average molecular weight is 368 g/mol. The van der Waals surface area contributed by atoms with Gasteiger partial charge in [0.15, 0.2) is 0 Å². The highest BCUT2D eigenvalue weighted by molar-refractivity contribution is 5.95. The topological polar surface area (TPSA) is 60.9 Å². The third-order valence-corrected chi connectivity index (χ3v) is 5.27. The molecule has 1 aromatic heterocycles. The van der Waals surface area contributed by atoms with Crippen molar-refractivity contribution in [2.75, 3.05) is 26.8 Å². The Hall–Kier alpha value is -2.44. The van der Waals surface area contributed by atoms with E-state index in [0.717, 1.165) is 24.2 Å². The zero-order chi connectivity index (χ0) is 18.7. The fraction of sp³-hybridized carbons (Fsp3) is 0.429. The van der Waals surface area contributed by atoms with Crippen LogP contribution >= 0.6 is 0 Å². The zero-order valence-corrected chi connectivity index (χ0v) is 15.5. The highest BCUT2D eigenvalue weighted by Gasteiger charge is 2.49. The summed E-state index contributed by atoms with van der Waals surface area (Å²) in [5, 5.41) is 0. The predicted octanol–water partition coefficient (Wildman–Crippen LogP) is 2.68. The molecule has 1 amide bonds. The van der Waals surface area contributed by atoms with Crippen LogP contribution in [0, 0.1) is 0 Å². The maximum atomic E-state index is 12.6. The van der Waals surface area contributed by atoms with E-state index >= 15 is 0 Å². The maximum Gasteiger partial charge on any atom is 0.254 e. The number of methoxy groups -OCH3 is 1. The molecule has 0 N–H and O–H groups in total. The van der Waals surface area contributed by atoms with Gasteiger partial charge in [-0.3, -0.25) is 9.78 Å². The standard InChI is InChI=1S/C21H24N2O4/c1-25-18-4-2-17(3-5-18)20(24)23-14-21(15-23)12-19(8-11-27-21)26-13-16-6-9-22-10-7-16/h2-7,9-10,19H,8,11-15H2,1H3. The molecule has 2 aliphatic rings. The molecule has 1 aromatic carbocycles. The summed E-state index contributed by atoms with van der Waals surface area (Å²) in [6, 6.07) is 11.1. The van der Waals surface area contributed by atoms with Crippen molar-refractivity contribution in [3.63, 3.8) is 0 Å². The van der Waals surface area contributed by atoms with Gasteiger partial charge < -0.3 is 19.1 Å². The average Bonchev–Trinajstić information content (AvgIpc) is 2.71. The predicted molar refractivity (Wildman–Crippen MR) is 99.6 cm³/mol. The van der Waals surface area contributed by atoms with E-state index in [0.29, 0.717) is 31.9 Å². The largest absolute Gasteiger partial charge is 0.497 e. The van der Waals surface area contributed by atoms with E-state index in [2.05, 4.69) is 4.98 Å². The molecule has 2 saturated heterocycles. The van der Waals surface area contributed by atoms with Crippen molar-refractivity contribution in [2.45, 2.75) is 31.2 Å². The van der Waals surface area contributed by atoms with Crippen molar-refractivity contribution in [2.24, 2.45) is 0 Å². The lowest BCUT2D eigenvalue weighted by Gasteiger charge is -2.53. The molecule has 0 bridgehead atoms. The van der Waals surface area contributed by atoms with Gasteiger partial charge in [-0.2, -0.15) is 0 Å². The monoisotopic (exact) mass is 368 g/mol. The van der Waals surface area contributed by atoms with E-state index in [-0.39, 0.29) is 17.6 Å². The third kappa shape index (κ3) is 3.96. The van der Waals surface area contributed by atoms with Crippen molar-refractivity contribution >= 4 is 5.91 Å². The fourth-order valence-electron chi connectivity index (χ4n) is 3.75. The molecule has 2 aromatic rings. The maximum absolute atomic E-state index is 12.6. The summed E-state index contributed by atoms with van der Waals surface area (Å²) < 4.78 is 17.3. The Kier molecular flexibility index (Phi) is 5.09. The first-order chi connectivity index (χ1) is 13.2. The van der Waals surface area contributed by atoms with Gasteiger partial charge in [-0.25, -0.2) is 0 Å². The van der Waals surface area contributed by atoms with Crippen LogP contribution in [0.1, 0.15) is 28.8 Å². The molecular weight excluding hydrogens is 344 g/mol. The summed E-state index contributed by atoms with van der Waals surface area (Å²) >= 11 is 0. The highest BCUT2D eigenvalue weighted by Crippen LogP contribution is 2.36. The third-order valence-electron chi connectivity index (χ3n) is 5.27. The second-order valence-electron chi connectivity index (χ2n) is 7.20. The number of rotatable bonds is 5. The minimum atomic E-state index is -0.261. The Morgan fingerprint density at radius 1 is 1.22 bits per heavy atom. The molecule has 1 unspecified atom stereocenters. The molecule has 27 heavy (non-hydrogen) atoms. The van der Waals surface area contributed by atoms with Crippen LogP contribution in [0.2, 0.25) is 0 Å². The van der Waals surface area contributed by atoms with Crippen molar-refractivity contribution in [3.8, 4) is 5.75 Å². The second kappa shape index (κ2) is 7.66. The molecule has 4 rings (SSSR count).